The van der Waals surface area contributed by atoms with Crippen molar-refractivity contribution in [3.8, 4) is 0 Å². The zero-order valence-corrected chi connectivity index (χ0v) is 15.2. The molecule has 1 unspecified atom stereocenters. The zero-order valence-electron chi connectivity index (χ0n) is 15.2. The fourth-order valence-electron chi connectivity index (χ4n) is 5.17. The van der Waals surface area contributed by atoms with Crippen molar-refractivity contribution in [1.29, 1.82) is 0 Å². The molecule has 1 saturated carbocycles. The van der Waals surface area contributed by atoms with E-state index in [4.69, 9.17) is 0 Å². The van der Waals surface area contributed by atoms with Gasteiger partial charge >= 0.3 is 0 Å². The smallest absolute Gasteiger partial charge is 0.249 e. The van der Waals surface area contributed by atoms with Gasteiger partial charge in [0.25, 0.3) is 0 Å². The highest BCUT2D eigenvalue weighted by molar-refractivity contribution is 6.01. The van der Waals surface area contributed by atoms with Gasteiger partial charge in [-0.3, -0.25) is 9.59 Å². The van der Waals surface area contributed by atoms with Gasteiger partial charge in [-0.25, -0.2) is 0 Å². The van der Waals surface area contributed by atoms with Crippen molar-refractivity contribution >= 4 is 17.5 Å². The van der Waals surface area contributed by atoms with Crippen molar-refractivity contribution in [2.75, 3.05) is 18.0 Å². The van der Waals surface area contributed by atoms with Crippen molar-refractivity contribution in [3.63, 3.8) is 0 Å². The number of para-hydroxylation sites is 1. The first-order chi connectivity index (χ1) is 12.2. The maximum Gasteiger partial charge on any atom is 0.249 e. The van der Waals surface area contributed by atoms with Crippen LogP contribution in [-0.4, -0.2) is 35.8 Å². The van der Waals surface area contributed by atoms with Crippen LogP contribution in [0.2, 0.25) is 0 Å². The molecule has 2 fully saturated rings. The molecule has 25 heavy (non-hydrogen) atoms. The zero-order chi connectivity index (χ0) is 17.4. The summed E-state index contributed by atoms with van der Waals surface area (Å²) in [6, 6.07) is 8.17. The lowest BCUT2D eigenvalue weighted by atomic mass is 9.81. The summed E-state index contributed by atoms with van der Waals surface area (Å²) in [6.07, 6.45) is 7.98. The second kappa shape index (κ2) is 6.47. The van der Waals surface area contributed by atoms with Crippen LogP contribution < -0.4 is 4.90 Å². The minimum atomic E-state index is -0.261. The van der Waals surface area contributed by atoms with E-state index in [2.05, 4.69) is 18.2 Å². The number of carbonyl (C=O) groups excluding carboxylic acids is 2. The molecule has 1 aromatic carbocycles. The molecule has 1 saturated heterocycles. The van der Waals surface area contributed by atoms with Gasteiger partial charge in [-0.05, 0) is 43.7 Å². The van der Waals surface area contributed by atoms with Gasteiger partial charge in [-0.15, -0.1) is 0 Å². The first kappa shape index (κ1) is 16.6. The van der Waals surface area contributed by atoms with Crippen LogP contribution in [0.4, 0.5) is 5.69 Å². The molecule has 1 spiro atoms. The number of rotatable bonds is 3. The van der Waals surface area contributed by atoms with Gasteiger partial charge < -0.3 is 9.80 Å². The molecule has 0 bridgehead atoms. The van der Waals surface area contributed by atoms with Gasteiger partial charge in [0.15, 0.2) is 0 Å². The molecule has 0 aromatic heterocycles. The van der Waals surface area contributed by atoms with E-state index >= 15 is 0 Å². The summed E-state index contributed by atoms with van der Waals surface area (Å²) in [6.45, 7) is 3.55. The van der Waals surface area contributed by atoms with E-state index in [1.165, 1.54) is 31.2 Å². The lowest BCUT2D eigenvalue weighted by molar-refractivity contribution is -0.137. The van der Waals surface area contributed by atoms with E-state index in [-0.39, 0.29) is 23.3 Å². The Bertz CT molecular complexity index is 678. The molecule has 0 N–H and O–H groups in total. The number of anilines is 1. The highest BCUT2D eigenvalue weighted by atomic mass is 16.2. The van der Waals surface area contributed by atoms with Crippen LogP contribution in [0.1, 0.15) is 63.9 Å². The SMILES string of the molecule is CCCC(=O)N1CCCC1C(=O)N1CC2(CCCC2)c2ccccc21. The van der Waals surface area contributed by atoms with Crippen LogP contribution in [0.25, 0.3) is 0 Å². The molecular weight excluding hydrogens is 312 g/mol. The molecule has 1 aliphatic carbocycles. The summed E-state index contributed by atoms with van der Waals surface area (Å²) in [5.74, 6) is 0.277. The van der Waals surface area contributed by atoms with Crippen LogP contribution in [0, 0.1) is 0 Å². The normalized spacial score (nSPS) is 24.1. The number of carbonyl (C=O) groups is 2. The van der Waals surface area contributed by atoms with Gasteiger partial charge in [0.2, 0.25) is 11.8 Å². The van der Waals surface area contributed by atoms with E-state index < -0.39 is 0 Å². The largest absolute Gasteiger partial charge is 0.331 e. The first-order valence-corrected chi connectivity index (χ1v) is 9.87. The van der Waals surface area contributed by atoms with Crippen molar-refractivity contribution in [1.82, 2.24) is 4.90 Å². The summed E-state index contributed by atoms with van der Waals surface area (Å²) in [7, 11) is 0. The molecule has 4 heteroatoms. The Morgan fingerprint density at radius 2 is 1.92 bits per heavy atom. The molecule has 0 radical (unpaired) electrons. The Balaban J connectivity index is 1.61. The second-order valence-corrected chi connectivity index (χ2v) is 7.92. The third-order valence-electron chi connectivity index (χ3n) is 6.38. The molecule has 2 aliphatic heterocycles. The number of likely N-dealkylation sites (tertiary alicyclic amines) is 1. The van der Waals surface area contributed by atoms with Crippen LogP contribution >= 0.6 is 0 Å². The van der Waals surface area contributed by atoms with Gasteiger partial charge in [-0.1, -0.05) is 38.0 Å². The molecule has 3 aliphatic rings. The minimum absolute atomic E-state index is 0.137. The number of nitrogens with zero attached hydrogens (tertiary/aromatic N) is 2. The second-order valence-electron chi connectivity index (χ2n) is 7.92. The van der Waals surface area contributed by atoms with Gasteiger partial charge in [-0.2, -0.15) is 0 Å². The van der Waals surface area contributed by atoms with Crippen molar-refractivity contribution in [3.05, 3.63) is 29.8 Å². The van der Waals surface area contributed by atoms with Crippen LogP contribution in [0.15, 0.2) is 24.3 Å². The third kappa shape index (κ3) is 2.66. The minimum Gasteiger partial charge on any atom is -0.331 e. The number of fused-ring (bicyclic) bond motifs is 2. The number of amides is 2. The first-order valence-electron chi connectivity index (χ1n) is 9.87. The summed E-state index contributed by atoms with van der Waals surface area (Å²) in [5, 5.41) is 0. The standard InChI is InChI=1S/C21H28N2O2/c1-2-8-19(24)22-14-7-11-18(22)20(25)23-15-21(12-5-6-13-21)16-9-3-4-10-17(16)23/h3-4,9-10,18H,2,5-8,11-15H2,1H3. The number of hydrogen-bond donors (Lipinski definition) is 0. The molecule has 4 nitrogen and oxygen atoms in total. The molecule has 1 atom stereocenters. The third-order valence-corrected chi connectivity index (χ3v) is 6.38. The summed E-state index contributed by atoms with van der Waals surface area (Å²) in [4.78, 5) is 29.7. The summed E-state index contributed by atoms with van der Waals surface area (Å²) >= 11 is 0. The Kier molecular flexibility index (Phi) is 4.30. The van der Waals surface area contributed by atoms with Crippen molar-refractivity contribution in [2.24, 2.45) is 0 Å². The van der Waals surface area contributed by atoms with E-state index in [1.54, 1.807) is 0 Å². The monoisotopic (exact) mass is 340 g/mol. The summed E-state index contributed by atoms with van der Waals surface area (Å²) in [5.41, 5.74) is 2.60. The molecule has 1 aromatic rings. The Morgan fingerprint density at radius 3 is 2.68 bits per heavy atom. The topological polar surface area (TPSA) is 40.6 Å². The molecule has 2 heterocycles. The number of hydrogen-bond acceptors (Lipinski definition) is 2. The van der Waals surface area contributed by atoms with Gasteiger partial charge in [0.1, 0.15) is 6.04 Å². The van der Waals surface area contributed by atoms with Crippen LogP contribution in [-0.2, 0) is 15.0 Å². The predicted octanol–water partition coefficient (Wildman–Crippen LogP) is 3.64. The highest BCUT2D eigenvalue weighted by Crippen LogP contribution is 2.50. The highest BCUT2D eigenvalue weighted by Gasteiger charge is 2.48. The average Bonchev–Trinajstić information content (AvgIpc) is 3.35. The molecular formula is C21H28N2O2. The fraction of sp³-hybridized carbons (Fsp3) is 0.619. The lowest BCUT2D eigenvalue weighted by Crippen LogP contribution is -2.48. The van der Waals surface area contributed by atoms with Crippen LogP contribution in [0.5, 0.6) is 0 Å². The Morgan fingerprint density at radius 1 is 1.16 bits per heavy atom. The lowest BCUT2D eigenvalue weighted by Gasteiger charge is -2.30. The van der Waals surface area contributed by atoms with E-state index in [1.807, 2.05) is 22.8 Å². The Labute approximate surface area is 150 Å². The average molecular weight is 340 g/mol. The van der Waals surface area contributed by atoms with Crippen molar-refractivity contribution < 1.29 is 9.59 Å². The van der Waals surface area contributed by atoms with Gasteiger partial charge in [0.05, 0.1) is 0 Å². The van der Waals surface area contributed by atoms with E-state index in [0.717, 1.165) is 38.0 Å². The van der Waals surface area contributed by atoms with Crippen molar-refractivity contribution in [2.45, 2.75) is 69.7 Å². The van der Waals surface area contributed by atoms with E-state index in [9.17, 15) is 9.59 Å². The maximum atomic E-state index is 13.4. The fourth-order valence-corrected chi connectivity index (χ4v) is 5.17. The molecule has 4 rings (SSSR count). The molecule has 134 valence electrons. The number of benzene rings is 1. The van der Waals surface area contributed by atoms with Crippen LogP contribution in [0.3, 0.4) is 0 Å². The van der Waals surface area contributed by atoms with Gasteiger partial charge in [0, 0.05) is 30.6 Å². The maximum absolute atomic E-state index is 13.4. The quantitative estimate of drug-likeness (QED) is 0.843. The molecule has 2 amide bonds. The Hall–Kier alpha value is -1.84. The predicted molar refractivity (Wildman–Crippen MR) is 98.6 cm³/mol. The summed E-state index contributed by atoms with van der Waals surface area (Å²) < 4.78 is 0. The van der Waals surface area contributed by atoms with E-state index in [0.29, 0.717) is 6.42 Å².